The van der Waals surface area contributed by atoms with Crippen LogP contribution in [0.3, 0.4) is 0 Å². The summed E-state index contributed by atoms with van der Waals surface area (Å²) >= 11 is 0. The molecule has 0 saturated carbocycles. The molecular weight excluding hydrogens is 234 g/mol. The molecule has 3 unspecified atom stereocenters. The van der Waals surface area contributed by atoms with Gasteiger partial charge in [-0.3, -0.25) is 15.1 Å². The molecule has 0 spiro atoms. The molecule has 0 aromatic rings. The number of carbonyl (C=O) groups excluding carboxylic acids is 1. The number of aliphatic hydroxyl groups excluding tert-OH is 1. The molecule has 0 aromatic carbocycles. The van der Waals surface area contributed by atoms with Crippen LogP contribution in [0, 0.1) is 5.92 Å². The zero-order valence-electron chi connectivity index (χ0n) is 11.6. The molecular formula is C12H25N3O3. The molecule has 0 radical (unpaired) electrons. The topological polar surface area (TPSA) is 87.8 Å². The molecule has 106 valence electrons. The highest BCUT2D eigenvalue weighted by atomic mass is 16.6. The maximum Gasteiger partial charge on any atom is 0.238 e. The van der Waals surface area contributed by atoms with Crippen molar-refractivity contribution in [2.45, 2.75) is 58.6 Å². The largest absolute Gasteiger partial charge is 0.356 e. The minimum absolute atomic E-state index is 0.184. The monoisotopic (exact) mass is 259 g/mol. The molecule has 1 heterocycles. The Morgan fingerprint density at radius 2 is 2.11 bits per heavy atom. The summed E-state index contributed by atoms with van der Waals surface area (Å²) in [4.78, 5) is 13.3. The predicted molar refractivity (Wildman–Crippen MR) is 68.1 cm³/mol. The van der Waals surface area contributed by atoms with Crippen LogP contribution in [-0.4, -0.2) is 40.5 Å². The number of hydrazine groups is 1. The van der Waals surface area contributed by atoms with E-state index in [0.29, 0.717) is 6.54 Å². The Morgan fingerprint density at radius 3 is 2.61 bits per heavy atom. The third kappa shape index (κ3) is 4.20. The zero-order valence-corrected chi connectivity index (χ0v) is 11.6. The Balaban J connectivity index is 2.64. The third-order valence-electron chi connectivity index (χ3n) is 3.19. The maximum absolute atomic E-state index is 11.5. The van der Waals surface area contributed by atoms with Crippen LogP contribution in [0.2, 0.25) is 0 Å². The van der Waals surface area contributed by atoms with Gasteiger partial charge in [0.1, 0.15) is 0 Å². The highest BCUT2D eigenvalue weighted by Gasteiger charge is 2.34. The summed E-state index contributed by atoms with van der Waals surface area (Å²) in [6.07, 6.45) is 0.624. The van der Waals surface area contributed by atoms with Crippen LogP contribution in [0.15, 0.2) is 0 Å². The Hall–Kier alpha value is -0.690. The number of hydrogen-bond donors (Lipinski definition) is 3. The fraction of sp³-hybridized carbons (Fsp3) is 0.917. The predicted octanol–water partition coefficient (Wildman–Crippen LogP) is 0.168. The number of amides is 1. The lowest BCUT2D eigenvalue weighted by Crippen LogP contribution is -2.53. The van der Waals surface area contributed by atoms with Crippen molar-refractivity contribution < 1.29 is 14.6 Å². The van der Waals surface area contributed by atoms with Crippen LogP contribution in [0.5, 0.6) is 0 Å². The summed E-state index contributed by atoms with van der Waals surface area (Å²) in [5.41, 5.74) is 1.74. The number of carbonyl (C=O) groups is 1. The molecule has 3 atom stereocenters. The first kappa shape index (κ1) is 15.4. The lowest BCUT2D eigenvalue weighted by Gasteiger charge is -2.41. The van der Waals surface area contributed by atoms with Gasteiger partial charge in [-0.1, -0.05) is 0 Å². The summed E-state index contributed by atoms with van der Waals surface area (Å²) < 4.78 is 5.53. The van der Waals surface area contributed by atoms with Crippen molar-refractivity contribution in [1.29, 1.82) is 0 Å². The van der Waals surface area contributed by atoms with Crippen molar-refractivity contribution >= 4 is 5.91 Å². The van der Waals surface area contributed by atoms with E-state index in [1.807, 2.05) is 27.7 Å². The van der Waals surface area contributed by atoms with Crippen molar-refractivity contribution in [3.63, 3.8) is 0 Å². The number of likely N-dealkylation sites (tertiary alicyclic amines) is 1. The van der Waals surface area contributed by atoms with Gasteiger partial charge < -0.3 is 9.84 Å². The average molecular weight is 259 g/mol. The number of ether oxygens (including phenoxy) is 1. The van der Waals surface area contributed by atoms with Crippen molar-refractivity contribution in [2.75, 3.05) is 6.54 Å². The van der Waals surface area contributed by atoms with E-state index in [1.54, 1.807) is 4.90 Å². The molecule has 0 aliphatic carbocycles. The second-order valence-corrected chi connectivity index (χ2v) is 5.89. The third-order valence-corrected chi connectivity index (χ3v) is 3.19. The first-order chi connectivity index (χ1) is 8.24. The molecule has 18 heavy (non-hydrogen) atoms. The quantitative estimate of drug-likeness (QED) is 0.291. The van der Waals surface area contributed by atoms with E-state index in [-0.39, 0.29) is 17.9 Å². The smallest absolute Gasteiger partial charge is 0.238 e. The van der Waals surface area contributed by atoms with Gasteiger partial charge in [0.15, 0.2) is 0 Å². The van der Waals surface area contributed by atoms with E-state index in [0.717, 1.165) is 12.8 Å². The number of aliphatic hydroxyl groups is 1. The van der Waals surface area contributed by atoms with E-state index in [1.165, 1.54) is 0 Å². The van der Waals surface area contributed by atoms with Gasteiger partial charge in [0.2, 0.25) is 12.3 Å². The summed E-state index contributed by atoms with van der Waals surface area (Å²) in [5, 5.41) is 10.1. The van der Waals surface area contributed by atoms with E-state index in [2.05, 4.69) is 5.43 Å². The van der Waals surface area contributed by atoms with Crippen LogP contribution in [-0.2, 0) is 9.53 Å². The Bertz CT molecular complexity index is 291. The van der Waals surface area contributed by atoms with Gasteiger partial charge in [0, 0.05) is 12.6 Å². The normalized spacial score (nSPS) is 27.9. The van der Waals surface area contributed by atoms with E-state index in [9.17, 15) is 9.90 Å². The number of rotatable bonds is 3. The molecule has 1 aliphatic rings. The molecule has 6 nitrogen and oxygen atoms in total. The van der Waals surface area contributed by atoms with Gasteiger partial charge in [0.25, 0.3) is 0 Å². The molecule has 1 fully saturated rings. The Kier molecular flexibility index (Phi) is 5.10. The second-order valence-electron chi connectivity index (χ2n) is 5.89. The van der Waals surface area contributed by atoms with Crippen LogP contribution >= 0.6 is 0 Å². The van der Waals surface area contributed by atoms with Crippen LogP contribution < -0.4 is 11.3 Å². The molecule has 1 saturated heterocycles. The minimum atomic E-state index is -0.992. The van der Waals surface area contributed by atoms with Gasteiger partial charge in [0.05, 0.1) is 11.5 Å². The molecule has 1 aliphatic heterocycles. The van der Waals surface area contributed by atoms with Crippen molar-refractivity contribution in [3.05, 3.63) is 0 Å². The summed E-state index contributed by atoms with van der Waals surface area (Å²) in [5.74, 6) is 4.77. The van der Waals surface area contributed by atoms with Crippen LogP contribution in [0.25, 0.3) is 0 Å². The highest BCUT2D eigenvalue weighted by molar-refractivity contribution is 5.78. The van der Waals surface area contributed by atoms with Gasteiger partial charge in [-0.15, -0.1) is 0 Å². The van der Waals surface area contributed by atoms with Crippen molar-refractivity contribution in [3.8, 4) is 0 Å². The number of nitrogens with zero attached hydrogens (tertiary/aromatic N) is 1. The summed E-state index contributed by atoms with van der Waals surface area (Å²) in [6.45, 7) is 8.13. The number of nitrogens with one attached hydrogen (secondary N) is 1. The van der Waals surface area contributed by atoms with Crippen LogP contribution in [0.4, 0.5) is 0 Å². The standard InChI is InChI=1S/C12H25N3O3/c1-8-5-6-9(10(16)14-13)7-15(8)11(17)18-12(2,3)4/h8-9,11,17H,5-7,13H2,1-4H3,(H,14,16). The SMILES string of the molecule is CC1CCC(C(=O)NN)CN1C(O)OC(C)(C)C. The molecule has 6 heteroatoms. The number of piperidine rings is 1. The van der Waals surface area contributed by atoms with Gasteiger partial charge in [-0.2, -0.15) is 0 Å². The number of hydrogen-bond acceptors (Lipinski definition) is 5. The molecule has 4 N–H and O–H groups in total. The van der Waals surface area contributed by atoms with Crippen molar-refractivity contribution in [2.24, 2.45) is 11.8 Å². The van der Waals surface area contributed by atoms with Crippen molar-refractivity contribution in [1.82, 2.24) is 10.3 Å². The first-order valence-corrected chi connectivity index (χ1v) is 6.36. The minimum Gasteiger partial charge on any atom is -0.356 e. The lowest BCUT2D eigenvalue weighted by molar-refractivity contribution is -0.253. The van der Waals surface area contributed by atoms with Gasteiger partial charge in [-0.25, -0.2) is 5.84 Å². The second kappa shape index (κ2) is 5.97. The Labute approximate surface area is 108 Å². The van der Waals surface area contributed by atoms with E-state index < -0.39 is 12.0 Å². The van der Waals surface area contributed by atoms with E-state index in [4.69, 9.17) is 10.6 Å². The fourth-order valence-corrected chi connectivity index (χ4v) is 2.16. The molecule has 0 bridgehead atoms. The van der Waals surface area contributed by atoms with Gasteiger partial charge >= 0.3 is 0 Å². The molecule has 0 aromatic heterocycles. The fourth-order valence-electron chi connectivity index (χ4n) is 2.16. The maximum atomic E-state index is 11.5. The van der Waals surface area contributed by atoms with Crippen LogP contribution in [0.1, 0.15) is 40.5 Å². The summed E-state index contributed by atoms with van der Waals surface area (Å²) in [6, 6.07) is 0.184. The van der Waals surface area contributed by atoms with Gasteiger partial charge in [-0.05, 0) is 40.5 Å². The average Bonchev–Trinajstić information content (AvgIpc) is 2.26. The van der Waals surface area contributed by atoms with E-state index >= 15 is 0 Å². The zero-order chi connectivity index (χ0) is 13.9. The molecule has 1 amide bonds. The number of nitrogens with two attached hydrogens (primary N) is 1. The lowest BCUT2D eigenvalue weighted by atomic mass is 9.93. The first-order valence-electron chi connectivity index (χ1n) is 6.36. The summed E-state index contributed by atoms with van der Waals surface area (Å²) in [7, 11) is 0. The highest BCUT2D eigenvalue weighted by Crippen LogP contribution is 2.25. The molecule has 1 rings (SSSR count). The Morgan fingerprint density at radius 1 is 1.50 bits per heavy atom.